The van der Waals surface area contributed by atoms with Gasteiger partial charge in [-0.1, -0.05) is 67.1 Å². The number of carbonyl (C=O) groups excluding carboxylic acids is 1. The zero-order valence-corrected chi connectivity index (χ0v) is 16.7. The number of carbonyl (C=O) groups is 1. The van der Waals surface area contributed by atoms with Crippen LogP contribution in [0.4, 0.5) is 10.8 Å². The zero-order chi connectivity index (χ0) is 19.3. The number of anilines is 2. The molecule has 4 rings (SSSR count). The van der Waals surface area contributed by atoms with Crippen LogP contribution in [-0.2, 0) is 6.42 Å². The highest BCUT2D eigenvalue weighted by molar-refractivity contribution is 7.22. The van der Waals surface area contributed by atoms with Crippen LogP contribution in [0.5, 0.6) is 0 Å². The van der Waals surface area contributed by atoms with Crippen molar-refractivity contribution in [3.63, 3.8) is 0 Å². The Hall–Kier alpha value is -2.98. The quantitative estimate of drug-likeness (QED) is 0.373. The Morgan fingerprint density at radius 3 is 2.36 bits per heavy atom. The molecule has 4 aromatic rings. The number of nitrogens with zero attached hydrogens (tertiary/aromatic N) is 2. The third-order valence-corrected chi connectivity index (χ3v) is 5.73. The molecule has 0 fully saturated rings. The number of benzene rings is 3. The van der Waals surface area contributed by atoms with Crippen molar-refractivity contribution in [3.05, 3.63) is 90.0 Å². The van der Waals surface area contributed by atoms with Gasteiger partial charge in [0.1, 0.15) is 0 Å². The molecule has 0 bridgehead atoms. The van der Waals surface area contributed by atoms with Crippen molar-refractivity contribution in [1.29, 1.82) is 0 Å². The SMILES string of the molecule is CCCCc1ccc(N(C(=O)c2ccccc2)c2nc3ccccc3s2)cc1. The number of amides is 1. The molecular formula is C24H22N2OS. The molecule has 0 aliphatic heterocycles. The Morgan fingerprint density at radius 2 is 1.64 bits per heavy atom. The van der Waals surface area contributed by atoms with Gasteiger partial charge in [-0.25, -0.2) is 4.98 Å². The number of aryl methyl sites for hydroxylation is 1. The molecule has 140 valence electrons. The number of unbranched alkanes of at least 4 members (excludes halogenated alkanes) is 1. The molecule has 1 aromatic heterocycles. The maximum absolute atomic E-state index is 13.4. The lowest BCUT2D eigenvalue weighted by Gasteiger charge is -2.20. The van der Waals surface area contributed by atoms with Gasteiger partial charge in [-0.15, -0.1) is 0 Å². The van der Waals surface area contributed by atoms with Crippen molar-refractivity contribution >= 4 is 38.3 Å². The Balaban J connectivity index is 1.76. The fraction of sp³-hybridized carbons (Fsp3) is 0.167. The van der Waals surface area contributed by atoms with Crippen LogP contribution in [0.15, 0.2) is 78.9 Å². The third kappa shape index (κ3) is 3.82. The topological polar surface area (TPSA) is 33.2 Å². The van der Waals surface area contributed by atoms with E-state index in [-0.39, 0.29) is 5.91 Å². The fourth-order valence-corrected chi connectivity index (χ4v) is 4.16. The van der Waals surface area contributed by atoms with Gasteiger partial charge >= 0.3 is 0 Å². The fourth-order valence-electron chi connectivity index (χ4n) is 3.17. The van der Waals surface area contributed by atoms with E-state index in [1.54, 1.807) is 4.90 Å². The Bertz CT molecular complexity index is 1040. The van der Waals surface area contributed by atoms with Crippen LogP contribution in [-0.4, -0.2) is 10.9 Å². The van der Waals surface area contributed by atoms with Crippen molar-refractivity contribution in [2.75, 3.05) is 4.90 Å². The Morgan fingerprint density at radius 1 is 0.929 bits per heavy atom. The smallest absolute Gasteiger partial charge is 0.264 e. The van der Waals surface area contributed by atoms with E-state index in [2.05, 4.69) is 19.1 Å². The molecule has 1 heterocycles. The van der Waals surface area contributed by atoms with Crippen molar-refractivity contribution in [2.24, 2.45) is 0 Å². The van der Waals surface area contributed by atoms with Crippen LogP contribution in [0.3, 0.4) is 0 Å². The summed E-state index contributed by atoms with van der Waals surface area (Å²) < 4.78 is 1.07. The molecule has 0 atom stereocenters. The van der Waals surface area contributed by atoms with Gasteiger partial charge in [0, 0.05) is 5.56 Å². The predicted molar refractivity (Wildman–Crippen MR) is 118 cm³/mol. The lowest BCUT2D eigenvalue weighted by molar-refractivity contribution is 0.0999. The highest BCUT2D eigenvalue weighted by Gasteiger charge is 2.23. The summed E-state index contributed by atoms with van der Waals surface area (Å²) in [6.07, 6.45) is 3.40. The van der Waals surface area contributed by atoms with E-state index in [0.29, 0.717) is 10.7 Å². The summed E-state index contributed by atoms with van der Waals surface area (Å²) in [6.45, 7) is 2.20. The molecule has 0 spiro atoms. The molecule has 0 N–H and O–H groups in total. The number of para-hydroxylation sites is 1. The maximum Gasteiger partial charge on any atom is 0.264 e. The van der Waals surface area contributed by atoms with Gasteiger partial charge in [-0.3, -0.25) is 9.69 Å². The molecule has 3 aromatic carbocycles. The summed E-state index contributed by atoms with van der Waals surface area (Å²) in [6, 6.07) is 25.6. The molecule has 0 aliphatic rings. The molecule has 3 nitrogen and oxygen atoms in total. The van der Waals surface area contributed by atoms with Crippen LogP contribution in [0.25, 0.3) is 10.2 Å². The van der Waals surface area contributed by atoms with Gasteiger partial charge in [0.15, 0.2) is 5.13 Å². The lowest BCUT2D eigenvalue weighted by Crippen LogP contribution is -2.25. The first-order chi connectivity index (χ1) is 13.8. The second-order valence-electron chi connectivity index (χ2n) is 6.74. The number of hydrogen-bond donors (Lipinski definition) is 0. The van der Waals surface area contributed by atoms with Crippen molar-refractivity contribution < 1.29 is 4.79 Å². The molecule has 0 saturated carbocycles. The average molecular weight is 387 g/mol. The minimum atomic E-state index is -0.0686. The van der Waals surface area contributed by atoms with Gasteiger partial charge in [0.25, 0.3) is 5.91 Å². The monoisotopic (exact) mass is 386 g/mol. The van der Waals surface area contributed by atoms with Gasteiger partial charge in [-0.05, 0) is 54.8 Å². The molecular weight excluding hydrogens is 364 g/mol. The third-order valence-electron chi connectivity index (χ3n) is 4.71. The number of thiazole rings is 1. The zero-order valence-electron chi connectivity index (χ0n) is 15.8. The molecule has 28 heavy (non-hydrogen) atoms. The molecule has 0 aliphatic carbocycles. The second kappa shape index (κ2) is 8.36. The van der Waals surface area contributed by atoms with E-state index in [1.165, 1.54) is 29.7 Å². The normalized spacial score (nSPS) is 10.9. The average Bonchev–Trinajstić information content (AvgIpc) is 3.17. The number of aromatic nitrogens is 1. The van der Waals surface area contributed by atoms with Crippen LogP contribution in [0.2, 0.25) is 0 Å². The van der Waals surface area contributed by atoms with Crippen LogP contribution >= 0.6 is 11.3 Å². The number of hydrogen-bond acceptors (Lipinski definition) is 3. The molecule has 1 amide bonds. The van der Waals surface area contributed by atoms with Gasteiger partial charge in [-0.2, -0.15) is 0 Å². The number of rotatable bonds is 6. The molecule has 0 radical (unpaired) electrons. The van der Waals surface area contributed by atoms with Crippen molar-refractivity contribution in [3.8, 4) is 0 Å². The highest BCUT2D eigenvalue weighted by atomic mass is 32.1. The van der Waals surface area contributed by atoms with E-state index in [9.17, 15) is 4.79 Å². The predicted octanol–water partition coefficient (Wildman–Crippen LogP) is 6.62. The summed E-state index contributed by atoms with van der Waals surface area (Å²) >= 11 is 1.54. The van der Waals surface area contributed by atoms with Crippen LogP contribution < -0.4 is 4.90 Å². The Labute approximate surface area is 169 Å². The van der Waals surface area contributed by atoms with E-state index in [1.807, 2.05) is 66.7 Å². The van der Waals surface area contributed by atoms with Gasteiger partial charge < -0.3 is 0 Å². The van der Waals surface area contributed by atoms with E-state index < -0.39 is 0 Å². The van der Waals surface area contributed by atoms with Crippen LogP contribution in [0.1, 0.15) is 35.7 Å². The van der Waals surface area contributed by atoms with Crippen molar-refractivity contribution in [2.45, 2.75) is 26.2 Å². The largest absolute Gasteiger partial charge is 0.268 e. The molecule has 0 unspecified atom stereocenters. The summed E-state index contributed by atoms with van der Waals surface area (Å²) in [7, 11) is 0. The summed E-state index contributed by atoms with van der Waals surface area (Å²) in [5.74, 6) is -0.0686. The first kappa shape index (κ1) is 18.4. The van der Waals surface area contributed by atoms with Crippen LogP contribution in [0, 0.1) is 0 Å². The van der Waals surface area contributed by atoms with E-state index >= 15 is 0 Å². The van der Waals surface area contributed by atoms with E-state index in [0.717, 1.165) is 22.3 Å². The van der Waals surface area contributed by atoms with Crippen molar-refractivity contribution in [1.82, 2.24) is 4.98 Å². The summed E-state index contributed by atoms with van der Waals surface area (Å²) in [5, 5.41) is 0.691. The standard InChI is InChI=1S/C24H22N2OS/c1-2-3-9-18-14-16-20(17-15-18)26(23(27)19-10-5-4-6-11-19)24-25-21-12-7-8-13-22(21)28-24/h4-8,10-17H,2-3,9H2,1H3. The summed E-state index contributed by atoms with van der Waals surface area (Å²) in [5.41, 5.74) is 3.69. The Kier molecular flexibility index (Phi) is 5.49. The first-order valence-electron chi connectivity index (χ1n) is 9.60. The molecule has 0 saturated heterocycles. The number of fused-ring (bicyclic) bond motifs is 1. The lowest BCUT2D eigenvalue weighted by atomic mass is 10.1. The van der Waals surface area contributed by atoms with Gasteiger partial charge in [0.2, 0.25) is 0 Å². The van der Waals surface area contributed by atoms with E-state index in [4.69, 9.17) is 4.98 Å². The minimum absolute atomic E-state index is 0.0686. The first-order valence-corrected chi connectivity index (χ1v) is 10.4. The highest BCUT2D eigenvalue weighted by Crippen LogP contribution is 2.34. The molecule has 4 heteroatoms. The maximum atomic E-state index is 13.4. The summed E-state index contributed by atoms with van der Waals surface area (Å²) in [4.78, 5) is 19.8. The minimum Gasteiger partial charge on any atom is -0.268 e. The second-order valence-corrected chi connectivity index (χ2v) is 7.75. The van der Waals surface area contributed by atoms with Gasteiger partial charge in [0.05, 0.1) is 15.9 Å².